The van der Waals surface area contributed by atoms with Crippen LogP contribution in [0.25, 0.3) is 0 Å². The summed E-state index contributed by atoms with van der Waals surface area (Å²) in [6.07, 6.45) is -9.08. The molecule has 65 heteroatoms. The van der Waals surface area contributed by atoms with Crippen molar-refractivity contribution in [3.05, 3.63) is 29.8 Å². The van der Waals surface area contributed by atoms with Crippen LogP contribution in [0.5, 0.6) is 0 Å². The number of hydrogen-bond acceptors (Lipinski definition) is 22. The molecule has 0 fully saturated rings. The van der Waals surface area contributed by atoms with Crippen LogP contribution in [-0.4, -0.2) is 273 Å². The van der Waals surface area contributed by atoms with Gasteiger partial charge in [0.25, 0.3) is 0 Å². The Labute approximate surface area is 520 Å². The van der Waals surface area contributed by atoms with Gasteiger partial charge in [-0.3, -0.25) is 74.7 Å². The second-order valence-corrected chi connectivity index (χ2v) is 40.7. The first-order chi connectivity index (χ1) is 39.5. The van der Waals surface area contributed by atoms with Crippen molar-refractivity contribution in [3.8, 4) is 0 Å². The average Bonchev–Trinajstić information content (AvgIpc) is 3.21. The lowest BCUT2D eigenvalue weighted by atomic mass is 9.99. The number of nitrogens with zero attached hydrogens (tertiary/aromatic N) is 5. The summed E-state index contributed by atoms with van der Waals surface area (Å²) in [5.74, 6) is 0.672. The second kappa shape index (κ2) is 43.9. The van der Waals surface area contributed by atoms with Crippen LogP contribution in [0.3, 0.4) is 0 Å². The quantitative estimate of drug-likeness (QED) is 0.0195. The average molecular weight is 1650 g/mol. The molecule has 552 valence electrons. The molecule has 0 bridgehead atoms. The van der Waals surface area contributed by atoms with Crippen molar-refractivity contribution < 1.29 is 216 Å². The first-order valence-corrected chi connectivity index (χ1v) is 47.6. The molecule has 30 N–H and O–H groups in total. The third kappa shape index (κ3) is 81.9. The Kier molecular flexibility index (Phi) is 49.8. The van der Waals surface area contributed by atoms with Crippen LogP contribution in [0.2, 0.25) is 0 Å². The highest BCUT2D eigenvalue weighted by atomic mass is 32.1. The van der Waals surface area contributed by atoms with Gasteiger partial charge in [-0.15, -0.1) is 0 Å². The maximum absolute atomic E-state index is 11.0. The second-order valence-electron chi connectivity index (χ2n) is 17.5. The summed E-state index contributed by atoms with van der Waals surface area (Å²) in [6, 6.07) is 6.57. The van der Waals surface area contributed by atoms with Gasteiger partial charge in [0.15, 0.2) is 0 Å². The van der Waals surface area contributed by atoms with Gasteiger partial charge in [-0.25, -0.2) is 9.13 Å². The molecule has 0 heterocycles. The molecule has 0 aliphatic carbocycles. The lowest BCUT2D eigenvalue weighted by Gasteiger charge is -2.28. The third-order valence-corrected chi connectivity index (χ3v) is 20.2. The van der Waals surface area contributed by atoms with Crippen LogP contribution in [0.15, 0.2) is 24.3 Å². The fourth-order valence-electron chi connectivity index (χ4n) is 4.81. The lowest BCUT2D eigenvalue weighted by Crippen LogP contribution is -2.37. The summed E-state index contributed by atoms with van der Waals surface area (Å²) >= 11 is 3.62. The molecule has 0 radical (unpaired) electrons. The highest BCUT2D eigenvalue weighted by Gasteiger charge is 2.39. The molecule has 0 saturated carbocycles. The molecule has 91 heavy (non-hydrogen) atoms. The zero-order valence-corrected chi connectivity index (χ0v) is 60.1. The molecule has 0 amide bonds. The molecule has 0 aliphatic rings. The number of methoxy groups -OCH3 is 1. The fraction of sp³-hybridized carbons (Fsp3) is 0.769. The Morgan fingerprint density at radius 2 is 0.626 bits per heavy atom. The minimum atomic E-state index is -5.25. The van der Waals surface area contributed by atoms with Crippen LogP contribution in [0.1, 0.15) is 31.7 Å². The van der Waals surface area contributed by atoms with E-state index in [0.29, 0.717) is 20.6 Å². The highest BCUT2D eigenvalue weighted by Crippen LogP contribution is 2.56. The SMILES string of the molecule is CCC(C)c1ccc(P(=O)(O)O)cc1.COCCP(=O)(O)O.O=P(O)(O)CCS.O=P(O)(O)CN(CCN(CP(=O)(O)O)CP(=O)(O)O)CP(=O)(O)O.O=P(O)(O)CN(CP(=O)(O)O)CP(=O)(O)O.O=P(O)(O)CN(O)CP(=O)(O)O.O=P(O)(O)N(O)P(=O)(O)O. The first kappa shape index (κ1) is 103. The Bertz CT molecular complexity index is 2750. The summed E-state index contributed by atoms with van der Waals surface area (Å²) in [5.41, 5.74) is 1.12. The number of benzene rings is 1. The minimum Gasteiger partial charge on any atom is -0.384 e. The summed E-state index contributed by atoms with van der Waals surface area (Å²) in [4.78, 5) is 239. The van der Waals surface area contributed by atoms with Crippen molar-refractivity contribution in [3.63, 3.8) is 0 Å². The molecule has 1 aromatic rings. The maximum Gasteiger partial charge on any atom is 0.436 e. The van der Waals surface area contributed by atoms with Crippen molar-refractivity contribution in [2.24, 2.45) is 0 Å². The van der Waals surface area contributed by atoms with E-state index < -0.39 is 181 Å². The molecule has 1 rings (SSSR count). The van der Waals surface area contributed by atoms with Gasteiger partial charge in [-0.05, 0) is 30.0 Å². The van der Waals surface area contributed by atoms with Gasteiger partial charge in [-0.1, -0.05) is 26.0 Å². The van der Waals surface area contributed by atoms with E-state index in [0.717, 1.165) is 12.0 Å². The van der Waals surface area contributed by atoms with Gasteiger partial charge < -0.3 is 147 Å². The Morgan fingerprint density at radius 1 is 0.385 bits per heavy atom. The monoisotopic (exact) mass is 1640 g/mol. The van der Waals surface area contributed by atoms with Crippen LogP contribution in [0.4, 0.5) is 0 Å². The Morgan fingerprint density at radius 3 is 0.769 bits per heavy atom. The van der Waals surface area contributed by atoms with Crippen LogP contribution >= 0.6 is 119 Å². The summed E-state index contributed by atoms with van der Waals surface area (Å²) in [7, 11) is -62.4. The fourth-order valence-corrected chi connectivity index (χ4v) is 15.2. The van der Waals surface area contributed by atoms with Crippen molar-refractivity contribution in [1.82, 2.24) is 24.4 Å². The lowest BCUT2D eigenvalue weighted by molar-refractivity contribution is -0.0633. The number of rotatable bonds is 31. The summed E-state index contributed by atoms with van der Waals surface area (Å²) in [5, 5.41) is 16.6. The molecular formula is C26H77N5O45P14S. The summed E-state index contributed by atoms with van der Waals surface area (Å²) in [6.45, 7) is 3.28. The van der Waals surface area contributed by atoms with Gasteiger partial charge in [0.05, 0.1) is 24.2 Å². The van der Waals surface area contributed by atoms with Crippen LogP contribution in [-0.2, 0) is 68.6 Å². The van der Waals surface area contributed by atoms with Gasteiger partial charge in [-0.2, -0.15) is 17.7 Å². The van der Waals surface area contributed by atoms with Crippen molar-refractivity contribution >= 4 is 125 Å². The molecule has 0 aliphatic heterocycles. The van der Waals surface area contributed by atoms with Crippen molar-refractivity contribution in [2.45, 2.75) is 26.2 Å². The Balaban J connectivity index is -0.000000240. The number of thiol groups is 1. The van der Waals surface area contributed by atoms with Crippen LogP contribution in [0, 0.1) is 0 Å². The molecule has 0 saturated heterocycles. The van der Waals surface area contributed by atoms with E-state index in [4.69, 9.17) is 147 Å². The zero-order chi connectivity index (χ0) is 74.5. The smallest absolute Gasteiger partial charge is 0.384 e. The molecule has 50 nitrogen and oxygen atoms in total. The number of hydrogen-bond donors (Lipinski definition) is 31. The molecule has 0 spiro atoms. The zero-order valence-electron chi connectivity index (χ0n) is 46.7. The molecule has 0 aromatic heterocycles. The van der Waals surface area contributed by atoms with Gasteiger partial charge in [0.1, 0.15) is 56.6 Å². The number of ether oxygens (including phenoxy) is 1. The normalized spacial score (nSPS) is 13.9. The van der Waals surface area contributed by atoms with Crippen molar-refractivity contribution in [2.75, 3.05) is 101 Å². The van der Waals surface area contributed by atoms with E-state index >= 15 is 0 Å². The van der Waals surface area contributed by atoms with Gasteiger partial charge in [0.2, 0.25) is 0 Å². The Hall–Kier alpha value is 1.35. The minimum absolute atomic E-state index is 0.0875. The van der Waals surface area contributed by atoms with Crippen molar-refractivity contribution in [1.29, 1.82) is 0 Å². The van der Waals surface area contributed by atoms with E-state index in [1.165, 1.54) is 19.2 Å². The van der Waals surface area contributed by atoms with Crippen LogP contribution < -0.4 is 5.30 Å². The highest BCUT2D eigenvalue weighted by molar-refractivity contribution is 7.80. The predicted octanol–water partition coefficient (Wildman–Crippen LogP) is -3.46. The largest absolute Gasteiger partial charge is 0.436 e. The first-order valence-electron chi connectivity index (χ1n) is 22.5. The van der Waals surface area contributed by atoms with E-state index in [1.807, 2.05) is 0 Å². The summed E-state index contributed by atoms with van der Waals surface area (Å²) < 4.78 is 149. The molecule has 1 aromatic carbocycles. The standard InChI is InChI=1S/C10H15O3P.C6H20N2O12P4.C3H12NO9P3.C3H9O4P.C2H9NO7P2.C2H7O3PS.H5NO7P2/c1-3-8(2)9-4-6-10(7-5-9)14(11,12)13;9-21(10,11)3-7(4-22(12,13)14)1-2-8(5-23(15,16)17)6-24(18,19)20;5-14(6,7)1-4(2-15(8,9)10)3-16(11,12)13;1-7-2-3-8(4,5)6;4-3(1-11(5,6)7)2-12(8,9)10;3-6(4,5)1-2-7;2-1(9(3,4)5)10(6,7)8/h4-8H,3H2,1-2H3,(H2,11,12,13);1-6H2,(H2,9,10,11)(H2,12,13,14)(H2,15,16,17)(H2,18,19,20);1-3H2,(H2,5,6,7)(H2,8,9,10)(H2,11,12,13);2-3H2,1H3,(H2,4,5,6);4H,1-2H2,(H2,5,6,7)(H2,8,9,10);7H,1-2H2,(H2,3,4,5);2H,(H2,3,4,5)(H2,6,7,8). The number of hydroxylamine groups is 2. The van der Waals surface area contributed by atoms with Gasteiger partial charge in [0, 0.05) is 30.6 Å². The molecular weight excluding hydrogens is 1570 g/mol. The molecule has 1 atom stereocenters. The van der Waals surface area contributed by atoms with E-state index in [-0.39, 0.29) is 35.1 Å². The van der Waals surface area contributed by atoms with E-state index in [2.05, 4.69) is 31.2 Å². The maximum atomic E-state index is 11.0. The molecule has 1 unspecified atom stereocenters. The van der Waals surface area contributed by atoms with E-state index in [9.17, 15) is 63.9 Å². The van der Waals surface area contributed by atoms with Gasteiger partial charge >= 0.3 is 107 Å². The van der Waals surface area contributed by atoms with E-state index in [1.54, 1.807) is 12.1 Å². The predicted molar refractivity (Wildman–Crippen MR) is 315 cm³/mol. The third-order valence-electron chi connectivity index (χ3n) is 7.97. The topological polar surface area (TPSA) is 871 Å².